The van der Waals surface area contributed by atoms with E-state index in [-0.39, 0.29) is 6.09 Å². The molecule has 2 N–H and O–H groups in total. The third-order valence-electron chi connectivity index (χ3n) is 5.86. The van der Waals surface area contributed by atoms with Gasteiger partial charge in [-0.15, -0.1) is 0 Å². The van der Waals surface area contributed by atoms with Crippen molar-refractivity contribution in [3.63, 3.8) is 0 Å². The third-order valence-corrected chi connectivity index (χ3v) is 5.86. The van der Waals surface area contributed by atoms with Crippen molar-refractivity contribution < 1.29 is 14.3 Å². The normalized spacial score (nSPS) is 12.1. The summed E-state index contributed by atoms with van der Waals surface area (Å²) >= 11 is 0. The molecule has 1 aliphatic heterocycles. The van der Waals surface area contributed by atoms with Gasteiger partial charge in [-0.1, -0.05) is 58.6 Å². The van der Waals surface area contributed by atoms with Crippen LogP contribution < -0.4 is 10.5 Å². The van der Waals surface area contributed by atoms with Gasteiger partial charge in [-0.2, -0.15) is 10.1 Å². The molecule has 1 aromatic carbocycles. The van der Waals surface area contributed by atoms with Gasteiger partial charge in [-0.3, -0.25) is 0 Å². The van der Waals surface area contributed by atoms with Gasteiger partial charge in [0.15, 0.2) is 0 Å². The maximum Gasteiger partial charge on any atom is 0.410 e. The molecule has 9 nitrogen and oxygen atoms in total. The number of carbonyl (C=O) groups excluding carboxylic acids is 1. The summed E-state index contributed by atoms with van der Waals surface area (Å²) in [6.07, 6.45) is 11.0. The summed E-state index contributed by atoms with van der Waals surface area (Å²) in [7, 11) is 1.65. The molecule has 0 fully saturated rings. The first-order valence-electron chi connectivity index (χ1n) is 13.0. The van der Waals surface area contributed by atoms with Crippen LogP contribution in [-0.4, -0.2) is 57.4 Å². The van der Waals surface area contributed by atoms with Crippen molar-refractivity contribution in [1.29, 1.82) is 0 Å². The number of unbranched alkanes of at least 4 members (excludes halogenated alkanes) is 3. The molecule has 0 spiro atoms. The number of nitrogens with two attached hydrogens (primary N) is 1. The van der Waals surface area contributed by atoms with E-state index in [1.165, 1.54) is 37.6 Å². The van der Waals surface area contributed by atoms with Crippen molar-refractivity contribution >= 4 is 11.9 Å². The van der Waals surface area contributed by atoms with Crippen LogP contribution >= 0.6 is 0 Å². The van der Waals surface area contributed by atoms with E-state index >= 15 is 0 Å². The molecule has 0 aliphatic carbocycles. The van der Waals surface area contributed by atoms with Crippen LogP contribution in [0, 0.1) is 0 Å². The van der Waals surface area contributed by atoms with Crippen LogP contribution in [0.2, 0.25) is 0 Å². The molecule has 3 aromatic rings. The van der Waals surface area contributed by atoms with Gasteiger partial charge in [0, 0.05) is 24.0 Å². The fraction of sp³-hybridized carbons (Fsp3) is 0.556. The first kappa shape index (κ1) is 29.0. The Morgan fingerprint density at radius 1 is 1.08 bits per heavy atom. The highest BCUT2D eigenvalue weighted by Crippen LogP contribution is 2.28. The second-order valence-corrected chi connectivity index (χ2v) is 8.49. The molecule has 3 heterocycles. The Bertz CT molecular complexity index is 1020. The number of hydrogen-bond donors (Lipinski definition) is 1. The third kappa shape index (κ3) is 8.78. The fourth-order valence-corrected chi connectivity index (χ4v) is 3.79. The summed E-state index contributed by atoms with van der Waals surface area (Å²) in [5.41, 5.74) is 8.82. The predicted octanol–water partition coefficient (Wildman–Crippen LogP) is 4.81. The molecular weight excluding hydrogens is 456 g/mol. The lowest BCUT2D eigenvalue weighted by molar-refractivity contribution is 0.0969. The lowest BCUT2D eigenvalue weighted by Crippen LogP contribution is -2.36. The van der Waals surface area contributed by atoms with E-state index in [1.54, 1.807) is 22.7 Å². The molecular formula is C27H42N6O3. The number of benzene rings is 1. The van der Waals surface area contributed by atoms with Gasteiger partial charge in [0.05, 0.1) is 20.3 Å². The first-order valence-corrected chi connectivity index (χ1v) is 13.0. The van der Waals surface area contributed by atoms with Gasteiger partial charge >= 0.3 is 6.09 Å². The minimum absolute atomic E-state index is 0.273. The van der Waals surface area contributed by atoms with Gasteiger partial charge in [0.2, 0.25) is 0 Å². The standard InChI is InChI=1S/C14H20N2O3.C7H8N4.C6H14/c1-18-13-5-2-4-11-6-8-16(10-12(11)13)14(17)19-9-3-7-15;1-2-6-3-4-8-7-9-5-10-11(6)7;1-3-5-6-4-2/h2,4-5H,3,6-10,15H2,1H3;3-5H,2H2,1H3;3-6H2,1-2H3. The molecule has 9 heteroatoms. The molecule has 0 saturated carbocycles. The molecule has 4 rings (SSSR count). The maximum absolute atomic E-state index is 11.9. The molecule has 198 valence electrons. The Morgan fingerprint density at radius 3 is 2.53 bits per heavy atom. The van der Waals surface area contributed by atoms with Gasteiger partial charge in [0.25, 0.3) is 5.78 Å². The van der Waals surface area contributed by atoms with Crippen LogP contribution in [0.3, 0.4) is 0 Å². The molecule has 0 unspecified atom stereocenters. The molecule has 0 saturated heterocycles. The molecule has 2 aromatic heterocycles. The van der Waals surface area contributed by atoms with Crippen LogP contribution in [0.5, 0.6) is 5.75 Å². The minimum Gasteiger partial charge on any atom is -0.496 e. The molecule has 0 radical (unpaired) electrons. The second kappa shape index (κ2) is 16.5. The highest BCUT2D eigenvalue weighted by atomic mass is 16.6. The number of rotatable bonds is 8. The van der Waals surface area contributed by atoms with Gasteiger partial charge in [0.1, 0.15) is 12.1 Å². The van der Waals surface area contributed by atoms with Crippen LogP contribution in [-0.2, 0) is 24.1 Å². The van der Waals surface area contributed by atoms with Gasteiger partial charge < -0.3 is 20.1 Å². The average molecular weight is 499 g/mol. The number of carbonyl (C=O) groups is 1. The summed E-state index contributed by atoms with van der Waals surface area (Å²) in [4.78, 5) is 21.6. The summed E-state index contributed by atoms with van der Waals surface area (Å²) in [6.45, 7) is 8.68. The lowest BCUT2D eigenvalue weighted by Gasteiger charge is -2.29. The van der Waals surface area contributed by atoms with E-state index < -0.39 is 0 Å². The molecule has 1 amide bonds. The van der Waals surface area contributed by atoms with Crippen molar-refractivity contribution in [3.8, 4) is 5.75 Å². The average Bonchev–Trinajstić information content (AvgIpc) is 3.41. The van der Waals surface area contributed by atoms with Crippen molar-refractivity contribution in [2.45, 2.75) is 72.3 Å². The Kier molecular flexibility index (Phi) is 13.3. The summed E-state index contributed by atoms with van der Waals surface area (Å²) in [5, 5.41) is 4.03. The van der Waals surface area contributed by atoms with Crippen molar-refractivity contribution in [3.05, 3.63) is 53.6 Å². The second-order valence-electron chi connectivity index (χ2n) is 8.49. The molecule has 0 atom stereocenters. The zero-order valence-corrected chi connectivity index (χ0v) is 22.3. The highest BCUT2D eigenvalue weighted by molar-refractivity contribution is 5.68. The molecule has 0 bridgehead atoms. The van der Waals surface area contributed by atoms with Crippen LogP contribution in [0.25, 0.3) is 5.78 Å². The number of nitrogens with zero attached hydrogens (tertiary/aromatic N) is 5. The largest absolute Gasteiger partial charge is 0.496 e. The first-order chi connectivity index (χ1) is 17.6. The van der Waals surface area contributed by atoms with E-state index in [9.17, 15) is 4.79 Å². The quantitative estimate of drug-likeness (QED) is 0.444. The zero-order valence-electron chi connectivity index (χ0n) is 22.3. The number of aromatic nitrogens is 4. The van der Waals surface area contributed by atoms with E-state index in [0.29, 0.717) is 38.4 Å². The van der Waals surface area contributed by atoms with E-state index in [2.05, 4.69) is 41.9 Å². The topological polar surface area (TPSA) is 108 Å². The summed E-state index contributed by atoms with van der Waals surface area (Å²) in [5.74, 6) is 1.50. The minimum atomic E-state index is -0.273. The SMILES string of the molecule is CCCCCC.CCc1ccnc2ncnn12.COc1cccc2c1CN(C(=O)OCCCN)CC2. The smallest absolute Gasteiger partial charge is 0.410 e. The fourth-order valence-electron chi connectivity index (χ4n) is 3.79. The van der Waals surface area contributed by atoms with E-state index in [1.807, 2.05) is 18.2 Å². The number of hydrogen-bond acceptors (Lipinski definition) is 7. The Balaban J connectivity index is 0.000000225. The van der Waals surface area contributed by atoms with E-state index in [4.69, 9.17) is 15.2 Å². The maximum atomic E-state index is 11.9. The van der Waals surface area contributed by atoms with Crippen molar-refractivity contribution in [1.82, 2.24) is 24.5 Å². The van der Waals surface area contributed by atoms with Gasteiger partial charge in [-0.05, 0) is 43.5 Å². The zero-order chi connectivity index (χ0) is 26.2. The van der Waals surface area contributed by atoms with Crippen molar-refractivity contribution in [2.75, 3.05) is 26.8 Å². The lowest BCUT2D eigenvalue weighted by atomic mass is 9.99. The number of fused-ring (bicyclic) bond motifs is 2. The van der Waals surface area contributed by atoms with Crippen LogP contribution in [0.4, 0.5) is 4.79 Å². The number of amides is 1. The van der Waals surface area contributed by atoms with Gasteiger partial charge in [-0.25, -0.2) is 14.3 Å². The van der Waals surface area contributed by atoms with Crippen LogP contribution in [0.15, 0.2) is 36.8 Å². The Labute approximate surface area is 215 Å². The molecule has 36 heavy (non-hydrogen) atoms. The number of ether oxygens (including phenoxy) is 2. The highest BCUT2D eigenvalue weighted by Gasteiger charge is 2.23. The summed E-state index contributed by atoms with van der Waals surface area (Å²) in [6, 6.07) is 7.92. The Hall–Kier alpha value is -3.20. The van der Waals surface area contributed by atoms with E-state index in [0.717, 1.165) is 29.8 Å². The van der Waals surface area contributed by atoms with Crippen LogP contribution in [0.1, 0.15) is 69.7 Å². The Morgan fingerprint density at radius 2 is 1.86 bits per heavy atom. The number of methoxy groups -OCH3 is 1. The predicted molar refractivity (Wildman–Crippen MR) is 142 cm³/mol. The summed E-state index contributed by atoms with van der Waals surface area (Å²) < 4.78 is 12.3. The van der Waals surface area contributed by atoms with Crippen molar-refractivity contribution in [2.24, 2.45) is 5.73 Å². The number of aryl methyl sites for hydroxylation is 1. The monoisotopic (exact) mass is 498 g/mol. The molecule has 1 aliphatic rings.